The summed E-state index contributed by atoms with van der Waals surface area (Å²) in [6, 6.07) is 13.1. The summed E-state index contributed by atoms with van der Waals surface area (Å²) in [5.74, 6) is 2.34. The van der Waals surface area contributed by atoms with Gasteiger partial charge in [0.15, 0.2) is 10.9 Å². The predicted octanol–water partition coefficient (Wildman–Crippen LogP) is 3.46. The van der Waals surface area contributed by atoms with Crippen LogP contribution in [0.1, 0.15) is 16.3 Å². The zero-order valence-corrected chi connectivity index (χ0v) is 15.6. The molecule has 2 aromatic heterocycles. The second-order valence-electron chi connectivity index (χ2n) is 5.76. The minimum Gasteiger partial charge on any atom is -0.492 e. The first-order valence-electron chi connectivity index (χ1n) is 8.25. The number of furan rings is 1. The van der Waals surface area contributed by atoms with Gasteiger partial charge in [-0.1, -0.05) is 30.0 Å². The van der Waals surface area contributed by atoms with Crippen LogP contribution in [0.2, 0.25) is 0 Å². The van der Waals surface area contributed by atoms with Gasteiger partial charge in [0.1, 0.15) is 18.1 Å². The molecule has 0 N–H and O–H groups in total. The molecule has 26 heavy (non-hydrogen) atoms. The van der Waals surface area contributed by atoms with Gasteiger partial charge < -0.3 is 18.6 Å². The van der Waals surface area contributed by atoms with Gasteiger partial charge in [-0.25, -0.2) is 4.98 Å². The van der Waals surface area contributed by atoms with E-state index in [0.29, 0.717) is 24.7 Å². The Kier molecular flexibility index (Phi) is 6.01. The first-order valence-corrected chi connectivity index (χ1v) is 9.24. The maximum absolute atomic E-state index is 12.4. The Labute approximate surface area is 156 Å². The number of ether oxygens (including phenoxy) is 1. The first-order chi connectivity index (χ1) is 12.6. The number of hydrogen-bond donors (Lipinski definition) is 0. The van der Waals surface area contributed by atoms with Gasteiger partial charge in [0.2, 0.25) is 0 Å². The fourth-order valence-corrected chi connectivity index (χ4v) is 3.13. The molecule has 0 fully saturated rings. The summed E-state index contributed by atoms with van der Waals surface area (Å²) in [5.41, 5.74) is 0. The summed E-state index contributed by atoms with van der Waals surface area (Å²) in [7, 11) is 3.68. The van der Waals surface area contributed by atoms with E-state index in [2.05, 4.69) is 4.98 Å². The molecule has 2 heterocycles. The van der Waals surface area contributed by atoms with Gasteiger partial charge >= 0.3 is 0 Å². The molecule has 0 atom stereocenters. The maximum atomic E-state index is 12.4. The van der Waals surface area contributed by atoms with E-state index in [4.69, 9.17) is 9.15 Å². The third kappa shape index (κ3) is 4.70. The van der Waals surface area contributed by atoms with E-state index in [1.807, 2.05) is 54.2 Å². The molecule has 3 rings (SSSR count). The van der Waals surface area contributed by atoms with Crippen molar-refractivity contribution in [3.8, 4) is 5.75 Å². The molecule has 0 aliphatic heterocycles. The van der Waals surface area contributed by atoms with E-state index >= 15 is 0 Å². The zero-order valence-electron chi connectivity index (χ0n) is 14.8. The van der Waals surface area contributed by atoms with Crippen molar-refractivity contribution in [2.24, 2.45) is 7.05 Å². The Bertz CT molecular complexity index is 845. The lowest BCUT2D eigenvalue weighted by Crippen LogP contribution is -2.30. The van der Waals surface area contributed by atoms with Crippen molar-refractivity contribution in [3.05, 3.63) is 66.4 Å². The molecule has 0 saturated heterocycles. The third-order valence-corrected chi connectivity index (χ3v) is 4.86. The molecule has 0 aliphatic rings. The SMILES string of the molecule is CN(CCOc1ccccc1)C(=O)c1ccc(CSc2nccn2C)o1. The average Bonchev–Trinajstić information content (AvgIpc) is 3.29. The summed E-state index contributed by atoms with van der Waals surface area (Å²) in [5, 5.41) is 0.907. The molecule has 7 heteroatoms. The molecule has 136 valence electrons. The molecule has 0 saturated carbocycles. The number of para-hydroxylation sites is 1. The van der Waals surface area contributed by atoms with Gasteiger partial charge in [0, 0.05) is 26.5 Å². The van der Waals surface area contributed by atoms with Crippen molar-refractivity contribution in [2.75, 3.05) is 20.2 Å². The van der Waals surface area contributed by atoms with Crippen LogP contribution in [0.15, 0.2) is 64.4 Å². The lowest BCUT2D eigenvalue weighted by Gasteiger charge is -2.16. The number of hydrogen-bond acceptors (Lipinski definition) is 5. The standard InChI is InChI=1S/C19H21N3O3S/c1-21(12-13-24-15-6-4-3-5-7-15)18(23)17-9-8-16(25-17)14-26-19-20-10-11-22(19)2/h3-11H,12-14H2,1-2H3. The maximum Gasteiger partial charge on any atom is 0.289 e. The van der Waals surface area contributed by atoms with Crippen molar-refractivity contribution >= 4 is 17.7 Å². The summed E-state index contributed by atoms with van der Waals surface area (Å²) in [6.07, 6.45) is 3.65. The van der Waals surface area contributed by atoms with Crippen molar-refractivity contribution in [1.29, 1.82) is 0 Å². The number of imidazole rings is 1. The lowest BCUT2D eigenvalue weighted by molar-refractivity contribution is 0.0741. The number of carbonyl (C=O) groups excluding carboxylic acids is 1. The van der Waals surface area contributed by atoms with Crippen LogP contribution in [0, 0.1) is 0 Å². The number of aryl methyl sites for hydroxylation is 1. The fourth-order valence-electron chi connectivity index (χ4n) is 2.30. The summed E-state index contributed by atoms with van der Waals surface area (Å²) in [6.45, 7) is 0.903. The topological polar surface area (TPSA) is 60.5 Å². The molecule has 6 nitrogen and oxygen atoms in total. The van der Waals surface area contributed by atoms with E-state index < -0.39 is 0 Å². The first kappa shape index (κ1) is 18.1. The number of benzene rings is 1. The number of nitrogens with zero attached hydrogens (tertiary/aromatic N) is 3. The van der Waals surface area contributed by atoms with Crippen LogP contribution in [-0.4, -0.2) is 40.6 Å². The van der Waals surface area contributed by atoms with Crippen LogP contribution >= 0.6 is 11.8 Å². The summed E-state index contributed by atoms with van der Waals surface area (Å²) in [4.78, 5) is 18.3. The Hall–Kier alpha value is -2.67. The molecule has 0 radical (unpaired) electrons. The van der Waals surface area contributed by atoms with Crippen molar-refractivity contribution < 1.29 is 13.9 Å². The van der Waals surface area contributed by atoms with E-state index in [1.165, 1.54) is 0 Å². The molecule has 0 bridgehead atoms. The molecule has 0 spiro atoms. The van der Waals surface area contributed by atoms with E-state index in [0.717, 1.165) is 16.7 Å². The summed E-state index contributed by atoms with van der Waals surface area (Å²) < 4.78 is 13.2. The fraction of sp³-hybridized carbons (Fsp3) is 0.263. The number of likely N-dealkylation sites (N-methyl/N-ethyl adjacent to an activating group) is 1. The van der Waals surface area contributed by atoms with E-state index in [1.54, 1.807) is 36.0 Å². The van der Waals surface area contributed by atoms with Gasteiger partial charge in [-0.05, 0) is 24.3 Å². The molecular weight excluding hydrogens is 350 g/mol. The highest BCUT2D eigenvalue weighted by Crippen LogP contribution is 2.22. The van der Waals surface area contributed by atoms with Crippen LogP contribution in [0.25, 0.3) is 0 Å². The van der Waals surface area contributed by atoms with Crippen LogP contribution in [0.3, 0.4) is 0 Å². The Morgan fingerprint density at radius 3 is 2.81 bits per heavy atom. The van der Waals surface area contributed by atoms with Crippen molar-refractivity contribution in [3.63, 3.8) is 0 Å². The zero-order chi connectivity index (χ0) is 18.4. The van der Waals surface area contributed by atoms with E-state index in [-0.39, 0.29) is 5.91 Å². The number of amides is 1. The second kappa shape index (κ2) is 8.62. The van der Waals surface area contributed by atoms with Gasteiger partial charge in [0.05, 0.1) is 12.3 Å². The highest BCUT2D eigenvalue weighted by Gasteiger charge is 2.16. The minimum absolute atomic E-state index is 0.157. The molecule has 1 amide bonds. The predicted molar refractivity (Wildman–Crippen MR) is 100 cm³/mol. The molecule has 0 aliphatic carbocycles. The van der Waals surface area contributed by atoms with Crippen LogP contribution in [0.4, 0.5) is 0 Å². The smallest absolute Gasteiger partial charge is 0.289 e. The quantitative estimate of drug-likeness (QED) is 0.568. The average molecular weight is 371 g/mol. The monoisotopic (exact) mass is 371 g/mol. The highest BCUT2D eigenvalue weighted by atomic mass is 32.2. The Balaban J connectivity index is 1.48. The second-order valence-corrected chi connectivity index (χ2v) is 6.71. The molecule has 3 aromatic rings. The lowest BCUT2D eigenvalue weighted by atomic mass is 10.3. The summed E-state index contributed by atoms with van der Waals surface area (Å²) >= 11 is 1.56. The minimum atomic E-state index is -0.157. The van der Waals surface area contributed by atoms with E-state index in [9.17, 15) is 4.79 Å². The molecule has 0 unspecified atom stereocenters. The number of aromatic nitrogens is 2. The van der Waals surface area contributed by atoms with Gasteiger partial charge in [-0.15, -0.1) is 0 Å². The van der Waals surface area contributed by atoms with Crippen LogP contribution < -0.4 is 4.74 Å². The Morgan fingerprint density at radius 2 is 2.08 bits per heavy atom. The van der Waals surface area contributed by atoms with Crippen LogP contribution in [-0.2, 0) is 12.8 Å². The van der Waals surface area contributed by atoms with Crippen molar-refractivity contribution in [1.82, 2.24) is 14.5 Å². The highest BCUT2D eigenvalue weighted by molar-refractivity contribution is 7.98. The van der Waals surface area contributed by atoms with Gasteiger partial charge in [0.25, 0.3) is 5.91 Å². The van der Waals surface area contributed by atoms with Gasteiger partial charge in [-0.2, -0.15) is 0 Å². The molecule has 1 aromatic carbocycles. The van der Waals surface area contributed by atoms with Crippen LogP contribution in [0.5, 0.6) is 5.75 Å². The van der Waals surface area contributed by atoms with Gasteiger partial charge in [-0.3, -0.25) is 4.79 Å². The normalized spacial score (nSPS) is 10.7. The Morgan fingerprint density at radius 1 is 1.27 bits per heavy atom. The van der Waals surface area contributed by atoms with Crippen molar-refractivity contribution in [2.45, 2.75) is 10.9 Å². The largest absolute Gasteiger partial charge is 0.492 e. The molecular formula is C19H21N3O3S. The number of rotatable bonds is 8. The number of thioether (sulfide) groups is 1. The number of carbonyl (C=O) groups is 1. The third-order valence-electron chi connectivity index (χ3n) is 3.78.